The molecule has 2 aromatic rings. The molecule has 0 aliphatic heterocycles. The fraction of sp³-hybridized carbons (Fsp3) is 0.521. The normalized spacial score (nSPS) is 11.6. The minimum Gasteiger partial charge on any atom is -0.491 e. The Morgan fingerprint density at radius 2 is 0.873 bits per heavy atom. The van der Waals surface area contributed by atoms with Crippen LogP contribution in [-0.2, 0) is 57.1 Å². The molecule has 15 nitrogen and oxygen atoms in total. The van der Waals surface area contributed by atoms with E-state index in [1.54, 1.807) is 38.1 Å². The second-order valence-corrected chi connectivity index (χ2v) is 14.7. The number of rotatable bonds is 36. The lowest BCUT2D eigenvalue weighted by atomic mass is 10.1. The predicted octanol–water partition coefficient (Wildman–Crippen LogP) is 7.64. The van der Waals surface area contributed by atoms with E-state index in [1.165, 1.54) is 6.92 Å². The smallest absolute Gasteiger partial charge is 0.333 e. The molecule has 0 aromatic heterocycles. The van der Waals surface area contributed by atoms with Crippen molar-refractivity contribution in [3.63, 3.8) is 0 Å². The number of hydrogen-bond acceptors (Lipinski definition) is 15. The molecule has 0 saturated heterocycles. The van der Waals surface area contributed by atoms with E-state index in [4.69, 9.17) is 47.4 Å². The van der Waals surface area contributed by atoms with E-state index in [0.717, 1.165) is 25.7 Å². The van der Waals surface area contributed by atoms with Crippen LogP contribution in [0.5, 0.6) is 17.2 Å². The Kier molecular flexibility index (Phi) is 28.0. The van der Waals surface area contributed by atoms with Crippen molar-refractivity contribution in [3.8, 4) is 17.2 Å². The van der Waals surface area contributed by atoms with Gasteiger partial charge >= 0.3 is 29.8 Å². The molecule has 2 unspecified atom stereocenters. The average molecular weight is 883 g/mol. The molecule has 0 radical (unpaired) electrons. The Bertz CT molecular complexity index is 1710. The first-order valence-electron chi connectivity index (χ1n) is 21.4. The summed E-state index contributed by atoms with van der Waals surface area (Å²) < 4.78 is 55.7. The molecule has 2 rings (SSSR count). The third kappa shape index (κ3) is 27.1. The number of para-hydroxylation sites is 1. The molecule has 0 fully saturated rings. The molecule has 0 saturated carbocycles. The maximum Gasteiger partial charge on any atom is 0.333 e. The van der Waals surface area contributed by atoms with Gasteiger partial charge in [-0.15, -0.1) is 0 Å². The van der Waals surface area contributed by atoms with Gasteiger partial charge < -0.3 is 47.4 Å². The van der Waals surface area contributed by atoms with Crippen LogP contribution in [0.15, 0.2) is 91.1 Å². The molecular formula is C48H66O15. The van der Waals surface area contributed by atoms with Gasteiger partial charge in [0.1, 0.15) is 43.7 Å². The molecule has 0 N–H and O–H groups in total. The summed E-state index contributed by atoms with van der Waals surface area (Å²) in [6.45, 7) is 16.8. The van der Waals surface area contributed by atoms with Gasteiger partial charge in [0.25, 0.3) is 0 Å². The van der Waals surface area contributed by atoms with Crippen LogP contribution in [0.3, 0.4) is 0 Å². The van der Waals surface area contributed by atoms with Crippen molar-refractivity contribution in [1.29, 1.82) is 0 Å². The first-order valence-corrected chi connectivity index (χ1v) is 21.4. The molecule has 0 spiro atoms. The zero-order chi connectivity index (χ0) is 46.1. The number of carbonyl (C=O) groups excluding carboxylic acids is 5. The molecule has 63 heavy (non-hydrogen) atoms. The van der Waals surface area contributed by atoms with Crippen molar-refractivity contribution in [2.24, 2.45) is 0 Å². The van der Waals surface area contributed by atoms with Gasteiger partial charge in [0.05, 0.1) is 39.6 Å². The monoisotopic (exact) mass is 882 g/mol. The first-order chi connectivity index (χ1) is 30.3. The lowest BCUT2D eigenvalue weighted by Gasteiger charge is -2.19. The van der Waals surface area contributed by atoms with Crippen molar-refractivity contribution in [1.82, 2.24) is 0 Å². The summed E-state index contributed by atoms with van der Waals surface area (Å²) >= 11 is 0. The molecule has 2 aromatic carbocycles. The number of ether oxygens (including phenoxy) is 10. The maximum absolute atomic E-state index is 12.7. The number of unbranched alkanes of at least 4 members (excludes halogenated alkanes) is 6. The van der Waals surface area contributed by atoms with Gasteiger partial charge in [0.2, 0.25) is 0 Å². The van der Waals surface area contributed by atoms with Gasteiger partial charge in [-0.25, -0.2) is 14.4 Å². The predicted molar refractivity (Wildman–Crippen MR) is 234 cm³/mol. The van der Waals surface area contributed by atoms with Crippen LogP contribution in [0, 0.1) is 0 Å². The van der Waals surface area contributed by atoms with Gasteiger partial charge in [0, 0.05) is 35.6 Å². The van der Waals surface area contributed by atoms with Crippen molar-refractivity contribution >= 4 is 29.8 Å². The Morgan fingerprint density at radius 1 is 0.444 bits per heavy atom. The van der Waals surface area contributed by atoms with E-state index in [-0.39, 0.29) is 77.2 Å². The van der Waals surface area contributed by atoms with Gasteiger partial charge in [-0.05, 0) is 70.7 Å². The van der Waals surface area contributed by atoms with Crippen LogP contribution in [0.4, 0.5) is 0 Å². The highest BCUT2D eigenvalue weighted by atomic mass is 16.6. The van der Waals surface area contributed by atoms with E-state index < -0.39 is 36.1 Å². The Hall–Kier alpha value is -5.67. The van der Waals surface area contributed by atoms with Crippen molar-refractivity contribution in [3.05, 3.63) is 91.1 Å². The van der Waals surface area contributed by atoms with E-state index in [2.05, 4.69) is 19.7 Å². The largest absolute Gasteiger partial charge is 0.491 e. The fourth-order valence-electron chi connectivity index (χ4n) is 5.27. The highest BCUT2D eigenvalue weighted by Crippen LogP contribution is 2.20. The van der Waals surface area contributed by atoms with E-state index in [0.29, 0.717) is 67.3 Å². The van der Waals surface area contributed by atoms with Crippen LogP contribution in [0.2, 0.25) is 0 Å². The molecule has 2 atom stereocenters. The summed E-state index contributed by atoms with van der Waals surface area (Å²) in [7, 11) is 0. The summed E-state index contributed by atoms with van der Waals surface area (Å²) in [5, 5.41) is 0. The fourth-order valence-corrected chi connectivity index (χ4v) is 5.27. The second-order valence-electron chi connectivity index (χ2n) is 14.7. The zero-order valence-electron chi connectivity index (χ0n) is 37.2. The third-order valence-corrected chi connectivity index (χ3v) is 8.64. The average Bonchev–Trinajstić information content (AvgIpc) is 3.26. The van der Waals surface area contributed by atoms with Gasteiger partial charge in [-0.3, -0.25) is 9.59 Å². The zero-order valence-corrected chi connectivity index (χ0v) is 37.2. The summed E-state index contributed by atoms with van der Waals surface area (Å²) in [6.07, 6.45) is 4.68. The van der Waals surface area contributed by atoms with Crippen LogP contribution in [-0.4, -0.2) is 108 Å². The Balaban J connectivity index is 1.72. The van der Waals surface area contributed by atoms with Crippen LogP contribution < -0.4 is 14.2 Å². The van der Waals surface area contributed by atoms with Crippen LogP contribution in [0.1, 0.15) is 85.0 Å². The topological polar surface area (TPSA) is 178 Å². The molecule has 0 aliphatic rings. The minimum atomic E-state index is -0.825. The number of hydrogen-bond donors (Lipinski definition) is 0. The third-order valence-electron chi connectivity index (χ3n) is 8.64. The molecule has 0 aliphatic carbocycles. The van der Waals surface area contributed by atoms with Crippen LogP contribution >= 0.6 is 0 Å². The van der Waals surface area contributed by atoms with E-state index in [1.807, 2.05) is 30.3 Å². The lowest BCUT2D eigenvalue weighted by Crippen LogP contribution is -2.30. The minimum absolute atomic E-state index is 0.0218. The number of esters is 5. The number of carbonyl (C=O) groups is 5. The summed E-state index contributed by atoms with van der Waals surface area (Å²) in [6, 6.07) is 16.3. The summed E-state index contributed by atoms with van der Waals surface area (Å²) in [5.74, 6) is -0.473. The van der Waals surface area contributed by atoms with Crippen molar-refractivity contribution in [2.75, 3.05) is 66.1 Å². The second kappa shape index (κ2) is 33.0. The van der Waals surface area contributed by atoms with Gasteiger partial charge in [0.15, 0.2) is 12.2 Å². The maximum atomic E-state index is 12.7. The first kappa shape index (κ1) is 53.5. The molecule has 0 bridgehead atoms. The van der Waals surface area contributed by atoms with Crippen molar-refractivity contribution < 1.29 is 71.3 Å². The highest BCUT2D eigenvalue weighted by molar-refractivity contribution is 5.87. The summed E-state index contributed by atoms with van der Waals surface area (Å²) in [4.78, 5) is 60.1. The van der Waals surface area contributed by atoms with Gasteiger partial charge in [-0.1, -0.05) is 69.7 Å². The SMILES string of the molecule is C=C(C)C(=O)OCCCCCCC(=O)OC(COCCOc1cccc(OCCOCC(COc2ccccc2)OC(=O)CCCCCCOC(=O)C(=C)C)c1)COC(=O)C(=C)C. The molecule has 0 amide bonds. The van der Waals surface area contributed by atoms with E-state index in [9.17, 15) is 24.0 Å². The van der Waals surface area contributed by atoms with Crippen LogP contribution in [0.25, 0.3) is 0 Å². The Morgan fingerprint density at radius 3 is 1.35 bits per heavy atom. The van der Waals surface area contributed by atoms with Crippen molar-refractivity contribution in [2.45, 2.75) is 97.2 Å². The van der Waals surface area contributed by atoms with E-state index >= 15 is 0 Å². The van der Waals surface area contributed by atoms with Gasteiger partial charge in [-0.2, -0.15) is 0 Å². The quantitative estimate of drug-likeness (QED) is 0.0282. The molecule has 0 heterocycles. The molecule has 348 valence electrons. The lowest BCUT2D eigenvalue weighted by molar-refractivity contribution is -0.161. The standard InChI is InChI=1S/C48H66O15/c1-36(2)46(51)58-25-16-9-7-14-23-44(49)62-42(34-60-39-19-12-11-13-20-39)32-54-27-29-56-40-21-18-22-41(31-40)57-30-28-55-33-43(35-61-48(53)38(5)6)63-45(50)24-15-8-10-17-26-59-47(52)37(3)4/h11-13,18-22,31,42-43H,1,3,5,7-10,14-17,23-30,32-35H2,2,4,6H3. The molecular weight excluding hydrogens is 817 g/mol. The summed E-state index contributed by atoms with van der Waals surface area (Å²) in [5.41, 5.74) is 0.935. The Labute approximate surface area is 372 Å². The molecule has 15 heteroatoms. The number of benzene rings is 2. The highest BCUT2D eigenvalue weighted by Gasteiger charge is 2.19.